The number of anilines is 1. The van der Waals surface area contributed by atoms with Crippen LogP contribution >= 0.6 is 0 Å². The summed E-state index contributed by atoms with van der Waals surface area (Å²) in [7, 11) is 0. The topological polar surface area (TPSA) is 84.5 Å². The van der Waals surface area contributed by atoms with E-state index in [-0.39, 0.29) is 29.9 Å². The number of carbonyl (C=O) groups is 3. The van der Waals surface area contributed by atoms with Crippen molar-refractivity contribution in [3.8, 4) is 0 Å². The highest BCUT2D eigenvalue weighted by molar-refractivity contribution is 5.93. The van der Waals surface area contributed by atoms with Crippen molar-refractivity contribution in [1.82, 2.24) is 5.32 Å². The number of nitrogens with one attached hydrogen (secondary N) is 2. The van der Waals surface area contributed by atoms with Gasteiger partial charge in [0.05, 0.1) is 0 Å². The molecular formula is C25H34N2O4. The van der Waals surface area contributed by atoms with Gasteiger partial charge in [0, 0.05) is 11.1 Å². The first-order valence-electron chi connectivity index (χ1n) is 11.5. The summed E-state index contributed by atoms with van der Waals surface area (Å²) in [6.45, 7) is 5.83. The van der Waals surface area contributed by atoms with E-state index in [1.165, 1.54) is 24.8 Å². The fourth-order valence-electron chi connectivity index (χ4n) is 6.18. The standard InChI is InChI=1S/C25H34N2O4/c1-24(2,3)19-4-6-20(7-5-19)27-21(28)15-31-22(29)14-26-23(30)25-11-16-8-17(12-25)10-18(9-16)13-25/h4-7,16-18H,8-15H2,1-3H3,(H,26,30)(H,27,28). The maximum Gasteiger partial charge on any atom is 0.325 e. The number of rotatable bonds is 6. The van der Waals surface area contributed by atoms with Crippen molar-refractivity contribution in [2.75, 3.05) is 18.5 Å². The van der Waals surface area contributed by atoms with Gasteiger partial charge in [0.1, 0.15) is 6.54 Å². The SMILES string of the molecule is CC(C)(C)c1ccc(NC(=O)COC(=O)CNC(=O)C23CC4CC(CC(C4)C2)C3)cc1. The van der Waals surface area contributed by atoms with Crippen LogP contribution < -0.4 is 10.6 Å². The molecule has 5 rings (SSSR count). The predicted octanol–water partition coefficient (Wildman–Crippen LogP) is 3.80. The summed E-state index contributed by atoms with van der Waals surface area (Å²) in [6.07, 6.45) is 6.66. The van der Waals surface area contributed by atoms with Crippen molar-refractivity contribution in [1.29, 1.82) is 0 Å². The highest BCUT2D eigenvalue weighted by Crippen LogP contribution is 2.60. The van der Waals surface area contributed by atoms with Crippen LogP contribution in [0.1, 0.15) is 64.9 Å². The predicted molar refractivity (Wildman–Crippen MR) is 118 cm³/mol. The zero-order valence-corrected chi connectivity index (χ0v) is 18.8. The second kappa shape index (κ2) is 8.29. The molecule has 0 spiro atoms. The lowest BCUT2D eigenvalue weighted by Gasteiger charge is -2.55. The molecule has 0 atom stereocenters. The minimum absolute atomic E-state index is 0.00746. The third-order valence-corrected chi connectivity index (χ3v) is 7.31. The first kappa shape index (κ1) is 21.8. The Morgan fingerprint density at radius 3 is 2.03 bits per heavy atom. The summed E-state index contributed by atoms with van der Waals surface area (Å²) in [4.78, 5) is 37.0. The molecule has 4 fully saturated rings. The summed E-state index contributed by atoms with van der Waals surface area (Å²) >= 11 is 0. The molecule has 2 amide bonds. The molecular weight excluding hydrogens is 392 g/mol. The molecule has 0 heterocycles. The number of amides is 2. The lowest BCUT2D eigenvalue weighted by Crippen LogP contribution is -2.54. The summed E-state index contributed by atoms with van der Waals surface area (Å²) in [5.74, 6) is 1.02. The molecule has 168 valence electrons. The molecule has 4 bridgehead atoms. The normalized spacial score (nSPS) is 28.8. The van der Waals surface area contributed by atoms with Crippen LogP contribution in [0.4, 0.5) is 5.69 Å². The molecule has 1 aromatic carbocycles. The number of carbonyl (C=O) groups excluding carboxylic acids is 3. The third kappa shape index (κ3) is 4.94. The van der Waals surface area contributed by atoms with Crippen LogP contribution in [0, 0.1) is 23.2 Å². The lowest BCUT2D eigenvalue weighted by molar-refractivity contribution is -0.152. The molecule has 1 aromatic rings. The summed E-state index contributed by atoms with van der Waals surface area (Å²) < 4.78 is 5.06. The van der Waals surface area contributed by atoms with E-state index >= 15 is 0 Å². The molecule has 4 saturated carbocycles. The second-order valence-electron chi connectivity index (χ2n) is 10.9. The van der Waals surface area contributed by atoms with E-state index in [1.807, 2.05) is 24.3 Å². The number of hydrogen-bond acceptors (Lipinski definition) is 4. The van der Waals surface area contributed by atoms with Crippen LogP contribution in [0.3, 0.4) is 0 Å². The Morgan fingerprint density at radius 2 is 1.52 bits per heavy atom. The molecule has 4 aliphatic rings. The first-order chi connectivity index (χ1) is 14.6. The molecule has 0 radical (unpaired) electrons. The van der Waals surface area contributed by atoms with Gasteiger partial charge in [-0.2, -0.15) is 0 Å². The molecule has 31 heavy (non-hydrogen) atoms. The van der Waals surface area contributed by atoms with Crippen LogP contribution in [-0.2, 0) is 24.5 Å². The third-order valence-electron chi connectivity index (χ3n) is 7.31. The van der Waals surface area contributed by atoms with Crippen molar-refractivity contribution in [3.63, 3.8) is 0 Å². The number of hydrogen-bond donors (Lipinski definition) is 2. The van der Waals surface area contributed by atoms with E-state index in [4.69, 9.17) is 4.74 Å². The van der Waals surface area contributed by atoms with E-state index in [9.17, 15) is 14.4 Å². The van der Waals surface area contributed by atoms with Crippen molar-refractivity contribution in [2.24, 2.45) is 23.2 Å². The van der Waals surface area contributed by atoms with E-state index < -0.39 is 11.9 Å². The molecule has 0 aromatic heterocycles. The minimum atomic E-state index is -0.587. The van der Waals surface area contributed by atoms with Crippen molar-refractivity contribution in [2.45, 2.75) is 64.7 Å². The zero-order chi connectivity index (χ0) is 22.2. The van der Waals surface area contributed by atoms with Crippen LogP contribution in [0.25, 0.3) is 0 Å². The molecule has 6 heteroatoms. The highest BCUT2D eigenvalue weighted by atomic mass is 16.5. The quantitative estimate of drug-likeness (QED) is 0.678. The molecule has 6 nitrogen and oxygen atoms in total. The Balaban J connectivity index is 1.20. The Labute approximate surface area is 184 Å². The Bertz CT molecular complexity index is 818. The number of esters is 1. The van der Waals surface area contributed by atoms with Gasteiger partial charge in [-0.15, -0.1) is 0 Å². The van der Waals surface area contributed by atoms with Gasteiger partial charge in [-0.3, -0.25) is 14.4 Å². The smallest absolute Gasteiger partial charge is 0.325 e. The van der Waals surface area contributed by atoms with E-state index in [0.29, 0.717) is 23.4 Å². The molecule has 0 aliphatic heterocycles. The second-order valence-corrected chi connectivity index (χ2v) is 10.9. The fourth-order valence-corrected chi connectivity index (χ4v) is 6.18. The van der Waals surface area contributed by atoms with E-state index in [0.717, 1.165) is 19.3 Å². The van der Waals surface area contributed by atoms with Crippen molar-refractivity contribution < 1.29 is 19.1 Å². The average molecular weight is 427 g/mol. The van der Waals surface area contributed by atoms with Gasteiger partial charge in [0.25, 0.3) is 5.91 Å². The monoisotopic (exact) mass is 426 g/mol. The zero-order valence-electron chi connectivity index (χ0n) is 18.8. The molecule has 0 saturated heterocycles. The molecule has 0 unspecified atom stereocenters. The number of ether oxygens (including phenoxy) is 1. The van der Waals surface area contributed by atoms with Crippen LogP contribution in [0.5, 0.6) is 0 Å². The Morgan fingerprint density at radius 1 is 0.968 bits per heavy atom. The number of benzene rings is 1. The van der Waals surface area contributed by atoms with Crippen LogP contribution in [-0.4, -0.2) is 30.9 Å². The van der Waals surface area contributed by atoms with Crippen LogP contribution in [0.15, 0.2) is 24.3 Å². The first-order valence-corrected chi connectivity index (χ1v) is 11.5. The van der Waals surface area contributed by atoms with Crippen molar-refractivity contribution >= 4 is 23.5 Å². The maximum absolute atomic E-state index is 12.9. The Kier molecular flexibility index (Phi) is 5.84. The Hall–Kier alpha value is -2.37. The highest BCUT2D eigenvalue weighted by Gasteiger charge is 2.54. The van der Waals surface area contributed by atoms with Gasteiger partial charge >= 0.3 is 5.97 Å². The van der Waals surface area contributed by atoms with Gasteiger partial charge < -0.3 is 15.4 Å². The maximum atomic E-state index is 12.9. The lowest BCUT2D eigenvalue weighted by atomic mass is 9.49. The van der Waals surface area contributed by atoms with Gasteiger partial charge in [0.2, 0.25) is 5.91 Å². The summed E-state index contributed by atoms with van der Waals surface area (Å²) in [5, 5.41) is 5.51. The summed E-state index contributed by atoms with van der Waals surface area (Å²) in [5.41, 5.74) is 1.58. The van der Waals surface area contributed by atoms with Gasteiger partial charge in [-0.25, -0.2) is 0 Å². The minimum Gasteiger partial charge on any atom is -0.454 e. The van der Waals surface area contributed by atoms with Crippen LogP contribution in [0.2, 0.25) is 0 Å². The van der Waals surface area contributed by atoms with E-state index in [1.54, 1.807) is 0 Å². The molecule has 2 N–H and O–H groups in total. The van der Waals surface area contributed by atoms with Gasteiger partial charge in [-0.05, 0) is 79.4 Å². The van der Waals surface area contributed by atoms with Gasteiger partial charge in [0.15, 0.2) is 6.61 Å². The van der Waals surface area contributed by atoms with Crippen molar-refractivity contribution in [3.05, 3.63) is 29.8 Å². The summed E-state index contributed by atoms with van der Waals surface area (Å²) in [6, 6.07) is 7.63. The van der Waals surface area contributed by atoms with E-state index in [2.05, 4.69) is 31.4 Å². The largest absolute Gasteiger partial charge is 0.454 e. The average Bonchev–Trinajstić information content (AvgIpc) is 2.69. The fraction of sp³-hybridized carbons (Fsp3) is 0.640. The van der Waals surface area contributed by atoms with Gasteiger partial charge in [-0.1, -0.05) is 32.9 Å². The molecule has 4 aliphatic carbocycles.